The highest BCUT2D eigenvalue weighted by Gasteiger charge is 2.20. The van der Waals surface area contributed by atoms with Crippen LogP contribution < -0.4 is 11.3 Å². The van der Waals surface area contributed by atoms with Gasteiger partial charge in [-0.1, -0.05) is 32.4 Å². The molecule has 0 aliphatic heterocycles. The fraction of sp³-hybridized carbons (Fsp3) is 0.308. The fourth-order valence-electron chi connectivity index (χ4n) is 1.85. The lowest BCUT2D eigenvalue weighted by Gasteiger charge is -2.22. The fourth-order valence-corrected chi connectivity index (χ4v) is 2.02. The van der Waals surface area contributed by atoms with Crippen LogP contribution in [0.15, 0.2) is 18.2 Å². The zero-order valence-electron chi connectivity index (χ0n) is 10.5. The summed E-state index contributed by atoms with van der Waals surface area (Å²) in [6.45, 7) is 6.17. The first-order valence-electron chi connectivity index (χ1n) is 5.60. The molecule has 3 N–H and O–H groups in total. The standard InChI is InChI=1S/C13H15ClFN3/c1-13(2,3)8-4-7-5-9(14)10(15)6-11(7)17-12(8)18-16/h4-6H,16H2,1-3H3,(H,17,18). The molecule has 0 spiro atoms. The Balaban J connectivity index is 2.77. The number of nitrogen functional groups attached to an aromatic ring is 1. The second-order valence-electron chi connectivity index (χ2n) is 5.24. The van der Waals surface area contributed by atoms with Crippen molar-refractivity contribution in [3.8, 4) is 0 Å². The summed E-state index contributed by atoms with van der Waals surface area (Å²) < 4.78 is 13.4. The van der Waals surface area contributed by atoms with E-state index in [0.29, 0.717) is 11.3 Å². The molecule has 3 nitrogen and oxygen atoms in total. The number of halogens is 2. The number of pyridine rings is 1. The SMILES string of the molecule is CC(C)(C)c1cc2cc(Cl)c(F)cc2nc1NN. The molecule has 0 radical (unpaired) electrons. The molecular weight excluding hydrogens is 253 g/mol. The van der Waals surface area contributed by atoms with Crippen LogP contribution in [0.1, 0.15) is 26.3 Å². The molecule has 1 aromatic heterocycles. The van der Waals surface area contributed by atoms with Gasteiger partial charge in [0.2, 0.25) is 0 Å². The molecule has 0 fully saturated rings. The highest BCUT2D eigenvalue weighted by atomic mass is 35.5. The lowest BCUT2D eigenvalue weighted by atomic mass is 9.86. The predicted molar refractivity (Wildman–Crippen MR) is 73.2 cm³/mol. The van der Waals surface area contributed by atoms with Crippen molar-refractivity contribution in [2.75, 3.05) is 5.43 Å². The number of rotatable bonds is 1. The first kappa shape index (κ1) is 13.1. The van der Waals surface area contributed by atoms with Gasteiger partial charge < -0.3 is 5.43 Å². The molecule has 0 saturated heterocycles. The van der Waals surface area contributed by atoms with Gasteiger partial charge in [-0.25, -0.2) is 15.2 Å². The van der Waals surface area contributed by atoms with E-state index >= 15 is 0 Å². The number of hydrogen-bond donors (Lipinski definition) is 2. The van der Waals surface area contributed by atoms with Crippen molar-refractivity contribution >= 4 is 28.3 Å². The van der Waals surface area contributed by atoms with Crippen molar-refractivity contribution in [1.82, 2.24) is 4.98 Å². The van der Waals surface area contributed by atoms with Crippen LogP contribution in [-0.2, 0) is 5.41 Å². The molecule has 2 rings (SSSR count). The molecule has 0 amide bonds. The number of hydrogen-bond acceptors (Lipinski definition) is 3. The molecule has 0 saturated carbocycles. The van der Waals surface area contributed by atoms with Crippen LogP contribution in [0.5, 0.6) is 0 Å². The molecule has 0 bridgehead atoms. The maximum Gasteiger partial charge on any atom is 0.144 e. The molecule has 96 valence electrons. The Morgan fingerprint density at radius 1 is 1.28 bits per heavy atom. The van der Waals surface area contributed by atoms with Crippen LogP contribution in [0.2, 0.25) is 5.02 Å². The van der Waals surface area contributed by atoms with E-state index in [0.717, 1.165) is 10.9 Å². The van der Waals surface area contributed by atoms with Crippen LogP contribution in [0.3, 0.4) is 0 Å². The van der Waals surface area contributed by atoms with Gasteiger partial charge in [0.15, 0.2) is 0 Å². The van der Waals surface area contributed by atoms with Gasteiger partial charge in [-0.2, -0.15) is 0 Å². The van der Waals surface area contributed by atoms with Gasteiger partial charge in [-0.3, -0.25) is 0 Å². The highest BCUT2D eigenvalue weighted by Crippen LogP contribution is 2.32. The van der Waals surface area contributed by atoms with Gasteiger partial charge in [0.1, 0.15) is 11.6 Å². The maximum absolute atomic E-state index is 13.4. The minimum atomic E-state index is -0.483. The molecule has 0 atom stereocenters. The van der Waals surface area contributed by atoms with E-state index in [1.54, 1.807) is 6.07 Å². The second kappa shape index (κ2) is 4.37. The normalized spacial score (nSPS) is 11.9. The van der Waals surface area contributed by atoms with Crippen molar-refractivity contribution in [3.05, 3.63) is 34.6 Å². The van der Waals surface area contributed by atoms with Crippen molar-refractivity contribution in [2.45, 2.75) is 26.2 Å². The third-order valence-corrected chi connectivity index (χ3v) is 3.09. The van der Waals surface area contributed by atoms with E-state index in [2.05, 4.69) is 31.2 Å². The Morgan fingerprint density at radius 3 is 2.50 bits per heavy atom. The molecule has 5 heteroatoms. The van der Waals surface area contributed by atoms with Crippen molar-refractivity contribution in [1.29, 1.82) is 0 Å². The molecule has 18 heavy (non-hydrogen) atoms. The predicted octanol–water partition coefficient (Wildman–Crippen LogP) is 3.61. The molecule has 2 aromatic rings. The van der Waals surface area contributed by atoms with E-state index < -0.39 is 5.82 Å². The quantitative estimate of drug-likeness (QED) is 0.613. The molecular formula is C13H15ClFN3. The summed E-state index contributed by atoms with van der Waals surface area (Å²) in [5.41, 5.74) is 3.92. The van der Waals surface area contributed by atoms with Crippen molar-refractivity contribution < 1.29 is 4.39 Å². The van der Waals surface area contributed by atoms with Crippen LogP contribution in [0.25, 0.3) is 10.9 Å². The van der Waals surface area contributed by atoms with E-state index in [1.807, 2.05) is 6.07 Å². The summed E-state index contributed by atoms with van der Waals surface area (Å²) in [6.07, 6.45) is 0. The van der Waals surface area contributed by atoms with Crippen LogP contribution in [0.4, 0.5) is 10.2 Å². The number of nitrogens with one attached hydrogen (secondary N) is 1. The lowest BCUT2D eigenvalue weighted by Crippen LogP contribution is -2.19. The number of fused-ring (bicyclic) bond motifs is 1. The smallest absolute Gasteiger partial charge is 0.144 e. The number of nitrogens with two attached hydrogens (primary N) is 1. The second-order valence-corrected chi connectivity index (χ2v) is 5.65. The molecule has 0 aliphatic rings. The zero-order valence-corrected chi connectivity index (χ0v) is 11.3. The number of nitrogens with zero attached hydrogens (tertiary/aromatic N) is 1. The Morgan fingerprint density at radius 2 is 1.94 bits per heavy atom. The zero-order chi connectivity index (χ0) is 13.5. The van der Waals surface area contributed by atoms with E-state index in [4.69, 9.17) is 17.4 Å². The van der Waals surface area contributed by atoms with E-state index in [9.17, 15) is 4.39 Å². The summed E-state index contributed by atoms with van der Waals surface area (Å²) in [4.78, 5) is 4.33. The average molecular weight is 268 g/mol. The summed E-state index contributed by atoms with van der Waals surface area (Å²) in [5, 5.41) is 0.892. The van der Waals surface area contributed by atoms with Crippen molar-refractivity contribution in [2.24, 2.45) is 5.84 Å². The largest absolute Gasteiger partial charge is 0.308 e. The van der Waals surface area contributed by atoms with Crippen LogP contribution in [0, 0.1) is 5.82 Å². The van der Waals surface area contributed by atoms with Gasteiger partial charge in [-0.05, 0) is 17.5 Å². The number of anilines is 1. The molecule has 1 heterocycles. The summed E-state index contributed by atoms with van der Waals surface area (Å²) in [6, 6.07) is 4.82. The average Bonchev–Trinajstić information content (AvgIpc) is 2.28. The minimum Gasteiger partial charge on any atom is -0.308 e. The lowest BCUT2D eigenvalue weighted by molar-refractivity contribution is 0.590. The summed E-state index contributed by atoms with van der Waals surface area (Å²) in [5.74, 6) is 5.54. The monoisotopic (exact) mass is 267 g/mol. The Hall–Kier alpha value is -1.39. The van der Waals surface area contributed by atoms with Gasteiger partial charge >= 0.3 is 0 Å². The van der Waals surface area contributed by atoms with Crippen LogP contribution in [-0.4, -0.2) is 4.98 Å². The molecule has 1 aromatic carbocycles. The Labute approximate surface area is 110 Å². The Bertz CT molecular complexity index is 605. The van der Waals surface area contributed by atoms with Gasteiger partial charge in [0.25, 0.3) is 0 Å². The van der Waals surface area contributed by atoms with Gasteiger partial charge in [-0.15, -0.1) is 0 Å². The third kappa shape index (κ3) is 2.26. The van der Waals surface area contributed by atoms with Crippen molar-refractivity contribution in [3.63, 3.8) is 0 Å². The number of aromatic nitrogens is 1. The summed E-state index contributed by atoms with van der Waals surface area (Å²) in [7, 11) is 0. The minimum absolute atomic E-state index is 0.0950. The van der Waals surface area contributed by atoms with E-state index in [-0.39, 0.29) is 10.4 Å². The van der Waals surface area contributed by atoms with Gasteiger partial charge in [0.05, 0.1) is 10.5 Å². The summed E-state index contributed by atoms with van der Waals surface area (Å²) >= 11 is 5.78. The van der Waals surface area contributed by atoms with E-state index in [1.165, 1.54) is 6.07 Å². The third-order valence-electron chi connectivity index (χ3n) is 2.80. The topological polar surface area (TPSA) is 50.9 Å². The first-order chi connectivity index (χ1) is 8.32. The van der Waals surface area contributed by atoms with Gasteiger partial charge in [0, 0.05) is 17.0 Å². The van der Waals surface area contributed by atoms with Crippen LogP contribution >= 0.6 is 11.6 Å². The highest BCUT2D eigenvalue weighted by molar-refractivity contribution is 6.31. The Kier molecular flexibility index (Phi) is 3.17. The maximum atomic E-state index is 13.4. The molecule has 0 unspecified atom stereocenters. The first-order valence-corrected chi connectivity index (χ1v) is 5.97. The molecule has 0 aliphatic carbocycles. The number of hydrazine groups is 1. The number of benzene rings is 1.